The van der Waals surface area contributed by atoms with Crippen molar-refractivity contribution in [2.24, 2.45) is 5.73 Å². The van der Waals surface area contributed by atoms with Gasteiger partial charge in [0, 0.05) is 16.8 Å². The van der Waals surface area contributed by atoms with E-state index in [2.05, 4.69) is 17.2 Å². The van der Waals surface area contributed by atoms with Crippen molar-refractivity contribution in [3.05, 3.63) is 57.7 Å². The molecule has 1 heterocycles. The third-order valence-corrected chi connectivity index (χ3v) is 3.77. The number of rotatable bonds is 4. The lowest BCUT2D eigenvalue weighted by Gasteiger charge is -2.19. The summed E-state index contributed by atoms with van der Waals surface area (Å²) in [5, 5.41) is 4.11. The van der Waals surface area contributed by atoms with Crippen molar-refractivity contribution in [2.75, 3.05) is 5.32 Å². The molecule has 0 aliphatic heterocycles. The van der Waals surface area contributed by atoms with E-state index in [9.17, 15) is 0 Å². The minimum absolute atomic E-state index is 0.0732. The summed E-state index contributed by atoms with van der Waals surface area (Å²) < 4.78 is 0. The first kappa shape index (κ1) is 15.7. The fraction of sp³-hybridized carbons (Fsp3) is 0.250. The summed E-state index contributed by atoms with van der Waals surface area (Å²) in [6, 6.07) is 9.78. The van der Waals surface area contributed by atoms with Crippen molar-refractivity contribution in [1.82, 2.24) is 4.98 Å². The Morgan fingerprint density at radius 3 is 2.48 bits per heavy atom. The van der Waals surface area contributed by atoms with E-state index in [0.717, 1.165) is 33.2 Å². The Kier molecular flexibility index (Phi) is 4.80. The van der Waals surface area contributed by atoms with E-state index in [4.69, 9.17) is 29.6 Å². The summed E-state index contributed by atoms with van der Waals surface area (Å²) in [7, 11) is 0. The summed E-state index contributed by atoms with van der Waals surface area (Å²) in [5.41, 5.74) is 9.71. The third kappa shape index (κ3) is 3.71. The summed E-state index contributed by atoms with van der Waals surface area (Å²) in [6.45, 7) is 6.00. The van der Waals surface area contributed by atoms with Crippen LogP contribution in [0.25, 0.3) is 0 Å². The van der Waals surface area contributed by atoms with Crippen LogP contribution in [0.3, 0.4) is 0 Å². The number of thiocarbonyl (C=S) groups is 1. The zero-order chi connectivity index (χ0) is 15.6. The molecule has 0 amide bonds. The van der Waals surface area contributed by atoms with E-state index < -0.39 is 0 Å². The fourth-order valence-electron chi connectivity index (χ4n) is 2.29. The van der Waals surface area contributed by atoms with Crippen molar-refractivity contribution < 1.29 is 0 Å². The smallest absolute Gasteiger partial charge is 0.137 e. The van der Waals surface area contributed by atoms with E-state index in [0.29, 0.717) is 4.99 Å². The number of nitrogens with one attached hydrogen (secondary N) is 1. The normalized spacial score (nSPS) is 12.0. The largest absolute Gasteiger partial charge is 0.389 e. The van der Waals surface area contributed by atoms with Gasteiger partial charge in [0.15, 0.2) is 0 Å². The van der Waals surface area contributed by atoms with Crippen LogP contribution in [-0.4, -0.2) is 9.97 Å². The van der Waals surface area contributed by atoms with Gasteiger partial charge in [-0.25, -0.2) is 4.98 Å². The lowest BCUT2D eigenvalue weighted by Crippen LogP contribution is -2.18. The summed E-state index contributed by atoms with van der Waals surface area (Å²) in [4.78, 5) is 4.89. The maximum Gasteiger partial charge on any atom is 0.137 e. The van der Waals surface area contributed by atoms with Gasteiger partial charge >= 0.3 is 0 Å². The second-order valence-electron chi connectivity index (χ2n) is 5.09. The molecular formula is C16H18ClN3S. The van der Waals surface area contributed by atoms with Crippen LogP contribution in [0.5, 0.6) is 0 Å². The Bertz CT molecular complexity index is 668. The number of nitrogens with zero attached hydrogens (tertiary/aromatic N) is 1. The van der Waals surface area contributed by atoms with E-state index >= 15 is 0 Å². The molecule has 0 aliphatic rings. The van der Waals surface area contributed by atoms with Crippen molar-refractivity contribution in [3.63, 3.8) is 0 Å². The average Bonchev–Trinajstić information content (AvgIpc) is 2.37. The molecule has 3 N–H and O–H groups in total. The maximum atomic E-state index is 5.92. The first-order valence-corrected chi connectivity index (χ1v) is 7.47. The molecule has 0 saturated heterocycles. The Labute approximate surface area is 135 Å². The monoisotopic (exact) mass is 319 g/mol. The van der Waals surface area contributed by atoms with Crippen LogP contribution in [0.15, 0.2) is 30.3 Å². The van der Waals surface area contributed by atoms with Crippen molar-refractivity contribution in [1.29, 1.82) is 0 Å². The standard InChI is InChI=1S/C16H18ClN3S/c1-9-8-10(2)19-16(14(9)15(18)21)20-11(3)12-4-6-13(17)7-5-12/h4-8,11H,1-3H3,(H2,18,21)(H,19,20). The lowest BCUT2D eigenvalue weighted by atomic mass is 10.1. The molecule has 110 valence electrons. The Balaban J connectivity index is 2.34. The highest BCUT2D eigenvalue weighted by atomic mass is 35.5. The summed E-state index contributed by atoms with van der Waals surface area (Å²) in [5.74, 6) is 0.724. The molecule has 0 radical (unpaired) electrons. The van der Waals surface area contributed by atoms with Gasteiger partial charge in [-0.1, -0.05) is 36.0 Å². The highest BCUT2D eigenvalue weighted by molar-refractivity contribution is 7.80. The van der Waals surface area contributed by atoms with Gasteiger partial charge in [-0.3, -0.25) is 0 Å². The second kappa shape index (κ2) is 6.41. The van der Waals surface area contributed by atoms with Gasteiger partial charge in [0.25, 0.3) is 0 Å². The van der Waals surface area contributed by atoms with Crippen molar-refractivity contribution in [3.8, 4) is 0 Å². The first-order chi connectivity index (χ1) is 9.88. The van der Waals surface area contributed by atoms with E-state index in [-0.39, 0.29) is 6.04 Å². The molecular weight excluding hydrogens is 302 g/mol. The topological polar surface area (TPSA) is 50.9 Å². The van der Waals surface area contributed by atoms with Crippen LogP contribution >= 0.6 is 23.8 Å². The number of hydrogen-bond donors (Lipinski definition) is 2. The summed E-state index contributed by atoms with van der Waals surface area (Å²) >= 11 is 11.1. The molecule has 1 aromatic carbocycles. The Morgan fingerprint density at radius 1 is 1.29 bits per heavy atom. The van der Waals surface area contributed by atoms with Crippen LogP contribution in [0.2, 0.25) is 5.02 Å². The molecule has 3 nitrogen and oxygen atoms in total. The van der Waals surface area contributed by atoms with Gasteiger partial charge in [0.2, 0.25) is 0 Å². The molecule has 0 bridgehead atoms. The molecule has 1 unspecified atom stereocenters. The molecule has 1 aromatic heterocycles. The number of aromatic nitrogens is 1. The lowest BCUT2D eigenvalue weighted by molar-refractivity contribution is 0.871. The Morgan fingerprint density at radius 2 is 1.90 bits per heavy atom. The highest BCUT2D eigenvalue weighted by Gasteiger charge is 2.14. The molecule has 21 heavy (non-hydrogen) atoms. The molecule has 5 heteroatoms. The number of aryl methyl sites for hydroxylation is 2. The van der Waals surface area contributed by atoms with Crippen LogP contribution in [0.4, 0.5) is 5.82 Å². The minimum atomic E-state index is 0.0732. The predicted octanol–water partition coefficient (Wildman–Crippen LogP) is 4.16. The van der Waals surface area contributed by atoms with Crippen LogP contribution in [0.1, 0.15) is 35.3 Å². The Hall–Kier alpha value is -1.65. The third-order valence-electron chi connectivity index (χ3n) is 3.31. The van der Waals surface area contributed by atoms with Crippen LogP contribution in [-0.2, 0) is 0 Å². The molecule has 2 aromatic rings. The zero-order valence-electron chi connectivity index (χ0n) is 12.3. The van der Waals surface area contributed by atoms with Crippen molar-refractivity contribution in [2.45, 2.75) is 26.8 Å². The number of pyridine rings is 1. The van der Waals surface area contributed by atoms with Crippen LogP contribution in [0, 0.1) is 13.8 Å². The second-order valence-corrected chi connectivity index (χ2v) is 5.96. The predicted molar refractivity (Wildman–Crippen MR) is 93.1 cm³/mol. The van der Waals surface area contributed by atoms with E-state index in [1.807, 2.05) is 44.2 Å². The fourth-order valence-corrected chi connectivity index (χ4v) is 2.68. The van der Waals surface area contributed by atoms with Gasteiger partial charge in [-0.2, -0.15) is 0 Å². The molecule has 0 aliphatic carbocycles. The number of benzene rings is 1. The van der Waals surface area contributed by atoms with E-state index in [1.165, 1.54) is 0 Å². The van der Waals surface area contributed by atoms with E-state index in [1.54, 1.807) is 0 Å². The number of halogens is 1. The molecule has 0 saturated carbocycles. The molecule has 0 fully saturated rings. The SMILES string of the molecule is Cc1cc(C)c(C(N)=S)c(NC(C)c2ccc(Cl)cc2)n1. The van der Waals surface area contributed by atoms with Gasteiger partial charge < -0.3 is 11.1 Å². The maximum absolute atomic E-state index is 5.92. The van der Waals surface area contributed by atoms with Crippen molar-refractivity contribution >= 4 is 34.6 Å². The zero-order valence-corrected chi connectivity index (χ0v) is 13.8. The molecule has 2 rings (SSSR count). The molecule has 1 atom stereocenters. The number of hydrogen-bond acceptors (Lipinski definition) is 3. The van der Waals surface area contributed by atoms with Crippen LogP contribution < -0.4 is 11.1 Å². The quantitative estimate of drug-likeness (QED) is 0.831. The summed E-state index contributed by atoms with van der Waals surface area (Å²) in [6.07, 6.45) is 0. The number of anilines is 1. The van der Waals surface area contributed by atoms with Gasteiger partial charge in [0.05, 0.1) is 5.56 Å². The van der Waals surface area contributed by atoms with Gasteiger partial charge in [0.1, 0.15) is 10.8 Å². The molecule has 0 spiro atoms. The van der Waals surface area contributed by atoms with Gasteiger partial charge in [-0.05, 0) is 50.1 Å². The highest BCUT2D eigenvalue weighted by Crippen LogP contribution is 2.24. The number of nitrogens with two attached hydrogens (primary N) is 1. The first-order valence-electron chi connectivity index (χ1n) is 6.68. The average molecular weight is 320 g/mol. The van der Waals surface area contributed by atoms with Gasteiger partial charge in [-0.15, -0.1) is 0 Å². The minimum Gasteiger partial charge on any atom is -0.389 e.